The minimum Gasteiger partial charge on any atom is -0.497 e. The van der Waals surface area contributed by atoms with E-state index in [0.717, 1.165) is 25.6 Å². The monoisotopic (exact) mass is 518 g/mol. The van der Waals surface area contributed by atoms with Crippen LogP contribution in [-0.4, -0.2) is 65.4 Å². The molecule has 0 atom stereocenters. The van der Waals surface area contributed by atoms with Crippen molar-refractivity contribution in [2.45, 2.75) is 19.1 Å². The molecule has 1 aromatic carbocycles. The van der Waals surface area contributed by atoms with Gasteiger partial charge in [-0.2, -0.15) is 13.2 Å². The maximum Gasteiger partial charge on any atom is 0.416 e. The van der Waals surface area contributed by atoms with Crippen molar-refractivity contribution in [3.63, 3.8) is 0 Å². The highest BCUT2D eigenvalue weighted by Gasteiger charge is 2.33. The predicted octanol–water partition coefficient (Wildman–Crippen LogP) is 2.97. The smallest absolute Gasteiger partial charge is 0.416 e. The van der Waals surface area contributed by atoms with E-state index in [2.05, 4.69) is 20.5 Å². The molecule has 1 rings (SSSR count). The molecule has 0 amide bonds. The first-order valence-electron chi connectivity index (χ1n) is 8.68. The zero-order valence-corrected chi connectivity index (χ0v) is 19.1. The summed E-state index contributed by atoms with van der Waals surface area (Å²) in [6.45, 7) is 3.02. The highest BCUT2D eigenvalue weighted by atomic mass is 127. The molecule has 0 fully saturated rings. The summed E-state index contributed by atoms with van der Waals surface area (Å²) in [5.74, 6) is 0.620. The summed E-state index contributed by atoms with van der Waals surface area (Å²) in [7, 11) is 6.59. The molecule has 1 aromatic rings. The molecular weight excluding hydrogens is 488 g/mol. The van der Waals surface area contributed by atoms with Gasteiger partial charge in [0.25, 0.3) is 0 Å². The number of aliphatic imine (C=N–C) groups is 1. The number of rotatable bonds is 10. The first-order valence-corrected chi connectivity index (χ1v) is 8.68. The van der Waals surface area contributed by atoms with E-state index in [1.165, 1.54) is 19.2 Å². The van der Waals surface area contributed by atoms with E-state index in [-0.39, 0.29) is 41.8 Å². The third kappa shape index (κ3) is 9.78. The lowest BCUT2D eigenvalue weighted by molar-refractivity contribution is -0.138. The van der Waals surface area contributed by atoms with Gasteiger partial charge in [-0.1, -0.05) is 6.07 Å². The minimum absolute atomic E-state index is 0. The van der Waals surface area contributed by atoms with E-state index in [9.17, 15) is 13.2 Å². The second kappa shape index (κ2) is 13.8. The first kappa shape index (κ1) is 26.7. The van der Waals surface area contributed by atoms with Crippen LogP contribution >= 0.6 is 24.0 Å². The molecule has 0 unspecified atom stereocenters. The summed E-state index contributed by atoms with van der Waals surface area (Å²) >= 11 is 0. The van der Waals surface area contributed by atoms with Crippen molar-refractivity contribution >= 4 is 29.9 Å². The molecule has 2 N–H and O–H groups in total. The molecule has 0 aliphatic carbocycles. The number of halogens is 4. The maximum absolute atomic E-state index is 13.2. The van der Waals surface area contributed by atoms with Crippen molar-refractivity contribution in [3.05, 3.63) is 29.3 Å². The van der Waals surface area contributed by atoms with E-state index >= 15 is 0 Å². The first-order chi connectivity index (χ1) is 12.8. The molecule has 0 spiro atoms. The largest absolute Gasteiger partial charge is 0.497 e. The number of likely N-dealkylation sites (N-methyl/N-ethyl adjacent to an activating group) is 1. The van der Waals surface area contributed by atoms with Gasteiger partial charge in [0.1, 0.15) is 5.75 Å². The molecule has 0 saturated carbocycles. The molecule has 6 nitrogen and oxygen atoms in total. The van der Waals surface area contributed by atoms with Gasteiger partial charge in [0.2, 0.25) is 0 Å². The van der Waals surface area contributed by atoms with Crippen molar-refractivity contribution in [1.82, 2.24) is 15.5 Å². The van der Waals surface area contributed by atoms with Gasteiger partial charge in [-0.15, -0.1) is 24.0 Å². The van der Waals surface area contributed by atoms with Crippen molar-refractivity contribution in [3.8, 4) is 5.75 Å². The molecule has 0 aromatic heterocycles. The number of hydrogen-bond acceptors (Lipinski definition) is 4. The molecule has 0 bridgehead atoms. The number of nitrogens with one attached hydrogen (secondary N) is 2. The molecule has 28 heavy (non-hydrogen) atoms. The number of nitrogens with zero attached hydrogens (tertiary/aromatic N) is 2. The Morgan fingerprint density at radius 2 is 1.89 bits per heavy atom. The van der Waals surface area contributed by atoms with Gasteiger partial charge in [-0.25, -0.2) is 0 Å². The zero-order chi connectivity index (χ0) is 20.3. The van der Waals surface area contributed by atoms with Crippen LogP contribution < -0.4 is 15.4 Å². The molecule has 0 aliphatic rings. The molecule has 162 valence electrons. The number of hydrogen-bond donors (Lipinski definition) is 2. The average molecular weight is 518 g/mol. The Bertz CT molecular complexity index is 601. The topological polar surface area (TPSA) is 58.1 Å². The second-order valence-corrected chi connectivity index (χ2v) is 6.02. The van der Waals surface area contributed by atoms with Crippen LogP contribution in [0.2, 0.25) is 0 Å². The van der Waals surface area contributed by atoms with Crippen molar-refractivity contribution in [2.75, 3.05) is 54.6 Å². The summed E-state index contributed by atoms with van der Waals surface area (Å²) in [4.78, 5) is 6.19. The molecule has 10 heteroatoms. The fourth-order valence-electron chi connectivity index (χ4n) is 2.46. The molecule has 0 heterocycles. The lowest BCUT2D eigenvalue weighted by Gasteiger charge is -2.19. The summed E-state index contributed by atoms with van der Waals surface area (Å²) < 4.78 is 49.6. The van der Waals surface area contributed by atoms with E-state index < -0.39 is 11.7 Å². The summed E-state index contributed by atoms with van der Waals surface area (Å²) in [6, 6.07) is 3.92. The molecule has 0 radical (unpaired) electrons. The van der Waals surface area contributed by atoms with Gasteiger partial charge in [-0.05, 0) is 31.2 Å². The van der Waals surface area contributed by atoms with Gasteiger partial charge < -0.3 is 25.0 Å². The van der Waals surface area contributed by atoms with Gasteiger partial charge in [0.15, 0.2) is 5.96 Å². The third-order valence-corrected chi connectivity index (χ3v) is 3.97. The van der Waals surface area contributed by atoms with E-state index in [1.807, 2.05) is 7.05 Å². The van der Waals surface area contributed by atoms with Crippen LogP contribution in [0.5, 0.6) is 5.75 Å². The van der Waals surface area contributed by atoms with E-state index in [4.69, 9.17) is 9.47 Å². The van der Waals surface area contributed by atoms with Crippen LogP contribution in [0.15, 0.2) is 23.2 Å². The number of alkyl halides is 3. The Morgan fingerprint density at radius 3 is 2.46 bits per heavy atom. The van der Waals surface area contributed by atoms with E-state index in [0.29, 0.717) is 19.1 Å². The van der Waals surface area contributed by atoms with E-state index in [1.54, 1.807) is 14.2 Å². The number of ether oxygens (including phenoxy) is 2. The van der Waals surface area contributed by atoms with Gasteiger partial charge in [0.05, 0.1) is 12.7 Å². The van der Waals surface area contributed by atoms with Crippen molar-refractivity contribution in [1.29, 1.82) is 0 Å². The average Bonchev–Trinajstić information content (AvgIpc) is 2.63. The van der Waals surface area contributed by atoms with Crippen LogP contribution in [0.4, 0.5) is 13.2 Å². The standard InChI is InChI=1S/C18H29F3N4O2.HI/c1-22-17(23-8-10-25(2)9-5-11-26-3)24-13-14-6-7-15(27-4)12-16(14)18(19,20)21;/h6-7,12H,5,8-11,13H2,1-4H3,(H2,22,23,24);1H. The second-order valence-electron chi connectivity index (χ2n) is 6.02. The van der Waals surface area contributed by atoms with Crippen LogP contribution in [0.1, 0.15) is 17.5 Å². The Morgan fingerprint density at radius 1 is 1.18 bits per heavy atom. The summed E-state index contributed by atoms with van der Waals surface area (Å²) in [5.41, 5.74) is -0.592. The predicted molar refractivity (Wildman–Crippen MR) is 116 cm³/mol. The Kier molecular flexibility index (Phi) is 13.2. The van der Waals surface area contributed by atoms with Gasteiger partial charge in [-0.3, -0.25) is 4.99 Å². The number of methoxy groups -OCH3 is 2. The molecule has 0 saturated heterocycles. The normalized spacial score (nSPS) is 11.9. The fourth-order valence-corrected chi connectivity index (χ4v) is 2.46. The molecule has 0 aliphatic heterocycles. The minimum atomic E-state index is -4.45. The zero-order valence-electron chi connectivity index (χ0n) is 16.7. The van der Waals surface area contributed by atoms with Crippen molar-refractivity contribution in [2.24, 2.45) is 4.99 Å². The quantitative estimate of drug-likeness (QED) is 0.216. The maximum atomic E-state index is 13.2. The van der Waals surface area contributed by atoms with Crippen LogP contribution in [0.25, 0.3) is 0 Å². The third-order valence-electron chi connectivity index (χ3n) is 3.97. The Balaban J connectivity index is 0.00000729. The summed E-state index contributed by atoms with van der Waals surface area (Å²) in [6.07, 6.45) is -3.51. The Hall–Kier alpha value is -1.27. The Labute approximate surface area is 181 Å². The highest BCUT2D eigenvalue weighted by Crippen LogP contribution is 2.34. The molecular formula is C18H30F3IN4O2. The van der Waals surface area contributed by atoms with Crippen LogP contribution in [-0.2, 0) is 17.5 Å². The highest BCUT2D eigenvalue weighted by molar-refractivity contribution is 14.0. The van der Waals surface area contributed by atoms with Crippen molar-refractivity contribution < 1.29 is 22.6 Å². The SMILES string of the molecule is CN=C(NCCN(C)CCCOC)NCc1ccc(OC)cc1C(F)(F)F.I. The fraction of sp³-hybridized carbons (Fsp3) is 0.611. The van der Waals surface area contributed by atoms with Crippen LogP contribution in [0, 0.1) is 0 Å². The number of guanidine groups is 1. The lowest BCUT2D eigenvalue weighted by Crippen LogP contribution is -2.41. The lowest BCUT2D eigenvalue weighted by atomic mass is 10.1. The van der Waals surface area contributed by atoms with Crippen LogP contribution in [0.3, 0.4) is 0 Å². The summed E-state index contributed by atoms with van der Waals surface area (Å²) in [5, 5.41) is 6.02. The van der Waals surface area contributed by atoms with Gasteiger partial charge in [0, 0.05) is 46.9 Å². The number of benzene rings is 1. The van der Waals surface area contributed by atoms with Gasteiger partial charge >= 0.3 is 6.18 Å².